The molecule has 0 fully saturated rings. The highest BCUT2D eigenvalue weighted by Gasteiger charge is 2.10. The molecular formula is C20H20N4O. The van der Waals surface area contributed by atoms with Gasteiger partial charge in [-0.1, -0.05) is 43.3 Å². The second-order valence-corrected chi connectivity index (χ2v) is 5.71. The van der Waals surface area contributed by atoms with Gasteiger partial charge < -0.3 is 10.6 Å². The van der Waals surface area contributed by atoms with E-state index in [1.165, 1.54) is 5.56 Å². The first-order valence-electron chi connectivity index (χ1n) is 8.23. The Labute approximate surface area is 147 Å². The SMILES string of the molecule is CCc1ccccc1Nc1ccc(C(=O)Nc2ccccc2C)nn1. The van der Waals surface area contributed by atoms with Gasteiger partial charge >= 0.3 is 0 Å². The third-order valence-electron chi connectivity index (χ3n) is 3.95. The van der Waals surface area contributed by atoms with Crippen molar-refractivity contribution >= 4 is 23.1 Å². The van der Waals surface area contributed by atoms with Crippen molar-refractivity contribution < 1.29 is 4.79 Å². The zero-order valence-corrected chi connectivity index (χ0v) is 14.3. The number of hydrogen-bond acceptors (Lipinski definition) is 4. The summed E-state index contributed by atoms with van der Waals surface area (Å²) in [5.41, 5.74) is 4.24. The van der Waals surface area contributed by atoms with Crippen LogP contribution in [0.5, 0.6) is 0 Å². The fourth-order valence-corrected chi connectivity index (χ4v) is 2.51. The van der Waals surface area contributed by atoms with Crippen LogP contribution < -0.4 is 10.6 Å². The van der Waals surface area contributed by atoms with Crippen LogP contribution >= 0.6 is 0 Å². The summed E-state index contributed by atoms with van der Waals surface area (Å²) in [5.74, 6) is 0.329. The lowest BCUT2D eigenvalue weighted by molar-refractivity contribution is 0.102. The van der Waals surface area contributed by atoms with Gasteiger partial charge in [0.25, 0.3) is 5.91 Å². The summed E-state index contributed by atoms with van der Waals surface area (Å²) in [6, 6.07) is 19.1. The van der Waals surface area contributed by atoms with Crippen molar-refractivity contribution in [2.45, 2.75) is 20.3 Å². The number of carbonyl (C=O) groups is 1. The molecule has 2 N–H and O–H groups in total. The Morgan fingerprint density at radius 1 is 0.920 bits per heavy atom. The van der Waals surface area contributed by atoms with Gasteiger partial charge in [-0.2, -0.15) is 0 Å². The molecule has 0 spiro atoms. The number of benzene rings is 2. The van der Waals surface area contributed by atoms with Gasteiger partial charge in [-0.3, -0.25) is 4.79 Å². The maximum Gasteiger partial charge on any atom is 0.276 e. The molecule has 0 aliphatic carbocycles. The maximum absolute atomic E-state index is 12.3. The van der Waals surface area contributed by atoms with Crippen LogP contribution in [0.4, 0.5) is 17.2 Å². The van der Waals surface area contributed by atoms with Gasteiger partial charge in [0.2, 0.25) is 0 Å². The summed E-state index contributed by atoms with van der Waals surface area (Å²) in [7, 11) is 0. The zero-order chi connectivity index (χ0) is 17.6. The molecule has 0 radical (unpaired) electrons. The number of nitrogens with zero attached hydrogens (tertiary/aromatic N) is 2. The highest BCUT2D eigenvalue weighted by Crippen LogP contribution is 2.20. The Morgan fingerprint density at radius 2 is 1.64 bits per heavy atom. The molecule has 126 valence electrons. The molecule has 0 saturated heterocycles. The smallest absolute Gasteiger partial charge is 0.276 e. The Balaban J connectivity index is 1.72. The van der Waals surface area contributed by atoms with Crippen LogP contribution in [0.15, 0.2) is 60.7 Å². The van der Waals surface area contributed by atoms with E-state index in [1.54, 1.807) is 12.1 Å². The van der Waals surface area contributed by atoms with E-state index in [2.05, 4.69) is 33.8 Å². The molecule has 1 heterocycles. The van der Waals surface area contributed by atoms with Gasteiger partial charge in [0.1, 0.15) is 0 Å². The lowest BCUT2D eigenvalue weighted by atomic mass is 10.1. The normalized spacial score (nSPS) is 10.3. The van der Waals surface area contributed by atoms with E-state index in [4.69, 9.17) is 0 Å². The fourth-order valence-electron chi connectivity index (χ4n) is 2.51. The number of aryl methyl sites for hydroxylation is 2. The first kappa shape index (κ1) is 16.6. The number of aromatic nitrogens is 2. The molecule has 1 aromatic heterocycles. The third kappa shape index (κ3) is 4.01. The first-order chi connectivity index (χ1) is 12.2. The number of anilines is 3. The molecule has 2 aromatic carbocycles. The van der Waals surface area contributed by atoms with Crippen molar-refractivity contribution in [3.63, 3.8) is 0 Å². The van der Waals surface area contributed by atoms with Crippen LogP contribution in [0.25, 0.3) is 0 Å². The molecule has 0 aliphatic rings. The molecular weight excluding hydrogens is 312 g/mol. The molecule has 0 aliphatic heterocycles. The quantitative estimate of drug-likeness (QED) is 0.729. The summed E-state index contributed by atoms with van der Waals surface area (Å²) in [4.78, 5) is 12.3. The Kier molecular flexibility index (Phi) is 5.04. The molecule has 0 saturated carbocycles. The van der Waals surface area contributed by atoms with E-state index in [-0.39, 0.29) is 11.6 Å². The number of nitrogens with one attached hydrogen (secondary N) is 2. The van der Waals surface area contributed by atoms with Crippen molar-refractivity contribution in [1.29, 1.82) is 0 Å². The number of para-hydroxylation sites is 2. The van der Waals surface area contributed by atoms with E-state index >= 15 is 0 Å². The predicted molar refractivity (Wildman–Crippen MR) is 100 cm³/mol. The summed E-state index contributed by atoms with van der Waals surface area (Å²) in [6.45, 7) is 4.05. The highest BCUT2D eigenvalue weighted by atomic mass is 16.1. The average molecular weight is 332 g/mol. The standard InChI is InChI=1S/C20H20N4O/c1-3-15-9-5-7-11-17(15)21-19-13-12-18(23-24-19)20(25)22-16-10-6-4-8-14(16)2/h4-13H,3H2,1-2H3,(H,21,24)(H,22,25). The van der Waals surface area contributed by atoms with Crippen LogP contribution in [0.1, 0.15) is 28.5 Å². The van der Waals surface area contributed by atoms with Crippen molar-refractivity contribution in [3.05, 3.63) is 77.5 Å². The zero-order valence-electron chi connectivity index (χ0n) is 14.3. The van der Waals surface area contributed by atoms with Crippen molar-refractivity contribution in [1.82, 2.24) is 10.2 Å². The highest BCUT2D eigenvalue weighted by molar-refractivity contribution is 6.03. The van der Waals surface area contributed by atoms with Crippen molar-refractivity contribution in [3.8, 4) is 0 Å². The van der Waals surface area contributed by atoms with Gasteiger partial charge in [0.15, 0.2) is 11.5 Å². The minimum atomic E-state index is -0.276. The van der Waals surface area contributed by atoms with Crippen LogP contribution in [0.3, 0.4) is 0 Å². The van der Waals surface area contributed by atoms with Crippen molar-refractivity contribution in [2.24, 2.45) is 0 Å². The van der Waals surface area contributed by atoms with Crippen LogP contribution in [-0.4, -0.2) is 16.1 Å². The lowest BCUT2D eigenvalue weighted by Gasteiger charge is -2.10. The van der Waals surface area contributed by atoms with E-state index in [9.17, 15) is 4.79 Å². The van der Waals surface area contributed by atoms with E-state index in [0.29, 0.717) is 5.82 Å². The summed E-state index contributed by atoms with van der Waals surface area (Å²) < 4.78 is 0. The minimum absolute atomic E-state index is 0.276. The van der Waals surface area contributed by atoms with Gasteiger partial charge in [-0.05, 0) is 48.7 Å². The minimum Gasteiger partial charge on any atom is -0.339 e. The molecule has 0 unspecified atom stereocenters. The molecule has 0 atom stereocenters. The summed E-state index contributed by atoms with van der Waals surface area (Å²) >= 11 is 0. The van der Waals surface area contributed by atoms with Gasteiger partial charge in [-0.15, -0.1) is 10.2 Å². The van der Waals surface area contributed by atoms with Gasteiger partial charge in [-0.25, -0.2) is 0 Å². The fraction of sp³-hybridized carbons (Fsp3) is 0.150. The monoisotopic (exact) mass is 332 g/mol. The van der Waals surface area contributed by atoms with Crippen LogP contribution in [0.2, 0.25) is 0 Å². The number of rotatable bonds is 5. The Morgan fingerprint density at radius 3 is 2.32 bits per heavy atom. The molecule has 25 heavy (non-hydrogen) atoms. The van der Waals surface area contributed by atoms with Crippen LogP contribution in [0, 0.1) is 6.92 Å². The maximum atomic E-state index is 12.3. The topological polar surface area (TPSA) is 66.9 Å². The molecule has 5 nitrogen and oxygen atoms in total. The van der Waals surface area contributed by atoms with E-state index in [0.717, 1.165) is 23.4 Å². The summed E-state index contributed by atoms with van der Waals surface area (Å²) in [5, 5.41) is 14.2. The largest absolute Gasteiger partial charge is 0.339 e. The summed E-state index contributed by atoms with van der Waals surface area (Å²) in [6.07, 6.45) is 0.924. The molecule has 0 bridgehead atoms. The lowest BCUT2D eigenvalue weighted by Crippen LogP contribution is -2.15. The number of hydrogen-bond donors (Lipinski definition) is 2. The third-order valence-corrected chi connectivity index (χ3v) is 3.95. The first-order valence-corrected chi connectivity index (χ1v) is 8.23. The van der Waals surface area contributed by atoms with Gasteiger partial charge in [0, 0.05) is 11.4 Å². The second-order valence-electron chi connectivity index (χ2n) is 5.71. The Hall–Kier alpha value is -3.21. The Bertz CT molecular complexity index is 875. The number of amides is 1. The second kappa shape index (κ2) is 7.57. The number of carbonyl (C=O) groups excluding carboxylic acids is 1. The molecule has 5 heteroatoms. The molecule has 1 amide bonds. The van der Waals surface area contributed by atoms with Crippen LogP contribution in [-0.2, 0) is 6.42 Å². The van der Waals surface area contributed by atoms with E-state index in [1.807, 2.05) is 49.4 Å². The molecule has 3 aromatic rings. The predicted octanol–water partition coefficient (Wildman–Crippen LogP) is 4.34. The molecule has 3 rings (SSSR count). The van der Waals surface area contributed by atoms with Gasteiger partial charge in [0.05, 0.1) is 0 Å². The average Bonchev–Trinajstić information content (AvgIpc) is 2.64. The van der Waals surface area contributed by atoms with E-state index < -0.39 is 0 Å². The van der Waals surface area contributed by atoms with Crippen molar-refractivity contribution in [2.75, 3.05) is 10.6 Å².